The van der Waals surface area contributed by atoms with Gasteiger partial charge in [-0.2, -0.15) is 4.98 Å². The number of nitrogens with one attached hydrogen (secondary N) is 2. The number of rotatable bonds is 8. The maximum atomic E-state index is 12.5. The predicted molar refractivity (Wildman–Crippen MR) is 125 cm³/mol. The van der Waals surface area contributed by atoms with Crippen molar-refractivity contribution in [1.29, 1.82) is 0 Å². The molecule has 2 heterocycles. The number of nitrogens with zero attached hydrogens (tertiary/aromatic N) is 2. The minimum atomic E-state index is -0.271. The van der Waals surface area contributed by atoms with E-state index in [1.807, 2.05) is 56.3 Å². The fourth-order valence-corrected chi connectivity index (χ4v) is 3.64. The zero-order valence-electron chi connectivity index (χ0n) is 18.8. The molecule has 0 spiro atoms. The van der Waals surface area contributed by atoms with Gasteiger partial charge < -0.3 is 19.6 Å². The van der Waals surface area contributed by atoms with Gasteiger partial charge in [-0.05, 0) is 61.0 Å². The second-order valence-corrected chi connectivity index (χ2v) is 8.03. The summed E-state index contributed by atoms with van der Waals surface area (Å²) in [5.74, 6) is 1.35. The third-order valence-corrected chi connectivity index (χ3v) is 5.50. The van der Waals surface area contributed by atoms with Gasteiger partial charge in [-0.25, -0.2) is 0 Å². The van der Waals surface area contributed by atoms with Crippen LogP contribution in [0.1, 0.15) is 42.8 Å². The van der Waals surface area contributed by atoms with Crippen molar-refractivity contribution in [3.05, 3.63) is 75.9 Å². The normalized spacial score (nSPS) is 12.0. The molecule has 2 N–H and O–H groups in total. The van der Waals surface area contributed by atoms with Crippen LogP contribution in [0.2, 0.25) is 0 Å². The first-order valence-electron chi connectivity index (χ1n) is 10.8. The zero-order valence-corrected chi connectivity index (χ0v) is 18.8. The highest BCUT2D eigenvalue weighted by molar-refractivity contribution is 5.82. The lowest BCUT2D eigenvalue weighted by Gasteiger charge is -2.14. The van der Waals surface area contributed by atoms with Gasteiger partial charge in [0.15, 0.2) is 0 Å². The van der Waals surface area contributed by atoms with E-state index in [0.717, 1.165) is 27.8 Å². The average Bonchev–Trinajstić information content (AvgIpc) is 3.27. The molecule has 8 heteroatoms. The number of benzene rings is 2. The lowest BCUT2D eigenvalue weighted by Crippen LogP contribution is -2.26. The molecule has 0 saturated heterocycles. The fourth-order valence-electron chi connectivity index (χ4n) is 3.64. The zero-order chi connectivity index (χ0) is 23.4. The van der Waals surface area contributed by atoms with Gasteiger partial charge in [-0.3, -0.25) is 9.59 Å². The Bertz CT molecular complexity index is 1320. The molecule has 4 aromatic rings. The summed E-state index contributed by atoms with van der Waals surface area (Å²) in [5.41, 5.74) is 2.92. The molecule has 0 bridgehead atoms. The number of aromatic amines is 1. The number of methoxy groups -OCH3 is 1. The molecule has 8 nitrogen and oxygen atoms in total. The van der Waals surface area contributed by atoms with Gasteiger partial charge >= 0.3 is 0 Å². The topological polar surface area (TPSA) is 110 Å². The van der Waals surface area contributed by atoms with E-state index in [4.69, 9.17) is 9.26 Å². The highest BCUT2D eigenvalue weighted by atomic mass is 16.5. The Labute approximate surface area is 191 Å². The van der Waals surface area contributed by atoms with Gasteiger partial charge in [0.1, 0.15) is 5.75 Å². The Morgan fingerprint density at radius 2 is 1.97 bits per heavy atom. The summed E-state index contributed by atoms with van der Waals surface area (Å²) in [7, 11) is 1.62. The van der Waals surface area contributed by atoms with Crippen molar-refractivity contribution >= 4 is 16.8 Å². The van der Waals surface area contributed by atoms with Gasteiger partial charge in [-0.15, -0.1) is 0 Å². The highest BCUT2D eigenvalue weighted by Crippen LogP contribution is 2.20. The number of amides is 1. The van der Waals surface area contributed by atoms with Crippen molar-refractivity contribution in [3.8, 4) is 17.1 Å². The van der Waals surface area contributed by atoms with Crippen LogP contribution in [0.25, 0.3) is 22.3 Å². The summed E-state index contributed by atoms with van der Waals surface area (Å²) in [4.78, 5) is 32.0. The molecule has 0 aliphatic rings. The van der Waals surface area contributed by atoms with Crippen LogP contribution < -0.4 is 15.6 Å². The third kappa shape index (κ3) is 5.28. The molecule has 0 aliphatic heterocycles. The van der Waals surface area contributed by atoms with Gasteiger partial charge in [-0.1, -0.05) is 29.4 Å². The number of hydrogen-bond acceptors (Lipinski definition) is 6. The van der Waals surface area contributed by atoms with E-state index in [9.17, 15) is 9.59 Å². The SMILES string of the molecule is COc1ccc([C@@H](C)NC(=O)CCCc2nc(-c3cc4ccc(C)cc4[nH]c3=O)no2)cc1. The molecular formula is C25H26N4O4. The maximum absolute atomic E-state index is 12.5. The monoisotopic (exact) mass is 446 g/mol. The first kappa shape index (κ1) is 22.3. The molecule has 4 rings (SSSR count). The molecule has 0 radical (unpaired) electrons. The number of aromatic nitrogens is 3. The second kappa shape index (κ2) is 9.68. The van der Waals surface area contributed by atoms with Gasteiger partial charge in [0.2, 0.25) is 17.6 Å². The number of hydrogen-bond donors (Lipinski definition) is 2. The summed E-state index contributed by atoms with van der Waals surface area (Å²) < 4.78 is 10.5. The van der Waals surface area contributed by atoms with Crippen molar-refractivity contribution in [2.45, 2.75) is 39.2 Å². The molecule has 33 heavy (non-hydrogen) atoms. The Hall–Kier alpha value is -3.94. The van der Waals surface area contributed by atoms with Crippen LogP contribution in [0.15, 0.2) is 57.8 Å². The Morgan fingerprint density at radius 3 is 2.73 bits per heavy atom. The number of fused-ring (bicyclic) bond motifs is 1. The van der Waals surface area contributed by atoms with Crippen molar-refractivity contribution in [3.63, 3.8) is 0 Å². The van der Waals surface area contributed by atoms with Crippen LogP contribution in [-0.2, 0) is 11.2 Å². The Balaban J connectivity index is 1.33. The van der Waals surface area contributed by atoms with Crippen LogP contribution in [-0.4, -0.2) is 28.1 Å². The first-order valence-corrected chi connectivity index (χ1v) is 10.8. The summed E-state index contributed by atoms with van der Waals surface area (Å²) in [5, 5.41) is 7.83. The quantitative estimate of drug-likeness (QED) is 0.422. The third-order valence-electron chi connectivity index (χ3n) is 5.50. The number of carbonyl (C=O) groups excluding carboxylic acids is 1. The van der Waals surface area contributed by atoms with Crippen LogP contribution >= 0.6 is 0 Å². The Morgan fingerprint density at radius 1 is 1.18 bits per heavy atom. The number of ether oxygens (including phenoxy) is 1. The van der Waals surface area contributed by atoms with E-state index in [2.05, 4.69) is 20.4 Å². The van der Waals surface area contributed by atoms with Crippen LogP contribution in [0, 0.1) is 6.92 Å². The van der Waals surface area contributed by atoms with Crippen LogP contribution in [0.5, 0.6) is 5.75 Å². The van der Waals surface area contributed by atoms with E-state index in [1.54, 1.807) is 13.2 Å². The summed E-state index contributed by atoms with van der Waals surface area (Å²) in [6.45, 7) is 3.91. The number of pyridine rings is 1. The summed E-state index contributed by atoms with van der Waals surface area (Å²) in [6, 6.07) is 15.1. The number of aryl methyl sites for hydroxylation is 2. The van der Waals surface area contributed by atoms with Crippen molar-refractivity contribution in [1.82, 2.24) is 20.4 Å². The van der Waals surface area contributed by atoms with Crippen molar-refractivity contribution < 1.29 is 14.1 Å². The van der Waals surface area contributed by atoms with E-state index in [1.165, 1.54) is 0 Å². The van der Waals surface area contributed by atoms with Crippen LogP contribution in [0.3, 0.4) is 0 Å². The smallest absolute Gasteiger partial charge is 0.259 e. The molecule has 1 atom stereocenters. The minimum absolute atomic E-state index is 0.0562. The summed E-state index contributed by atoms with van der Waals surface area (Å²) in [6.07, 6.45) is 1.33. The van der Waals surface area contributed by atoms with E-state index >= 15 is 0 Å². The predicted octanol–water partition coefficient (Wildman–Crippen LogP) is 4.10. The largest absolute Gasteiger partial charge is 0.497 e. The molecule has 2 aromatic carbocycles. The number of H-pyrrole nitrogens is 1. The molecular weight excluding hydrogens is 420 g/mol. The van der Waals surface area contributed by atoms with Crippen molar-refractivity contribution in [2.75, 3.05) is 7.11 Å². The maximum Gasteiger partial charge on any atom is 0.259 e. The van der Waals surface area contributed by atoms with Gasteiger partial charge in [0.25, 0.3) is 5.56 Å². The highest BCUT2D eigenvalue weighted by Gasteiger charge is 2.15. The number of carbonyl (C=O) groups is 1. The second-order valence-electron chi connectivity index (χ2n) is 8.03. The molecule has 0 fully saturated rings. The van der Waals surface area contributed by atoms with E-state index in [-0.39, 0.29) is 23.3 Å². The Kier molecular flexibility index (Phi) is 6.53. The summed E-state index contributed by atoms with van der Waals surface area (Å²) >= 11 is 0. The average molecular weight is 447 g/mol. The molecule has 0 unspecified atom stereocenters. The van der Waals surface area contributed by atoms with Crippen molar-refractivity contribution in [2.24, 2.45) is 0 Å². The first-order chi connectivity index (χ1) is 15.9. The van der Waals surface area contributed by atoms with E-state index in [0.29, 0.717) is 30.7 Å². The molecule has 170 valence electrons. The molecule has 2 aromatic heterocycles. The fraction of sp³-hybridized carbons (Fsp3) is 0.280. The molecule has 1 amide bonds. The van der Waals surface area contributed by atoms with Crippen LogP contribution in [0.4, 0.5) is 0 Å². The van der Waals surface area contributed by atoms with Gasteiger partial charge in [0.05, 0.1) is 18.7 Å². The minimum Gasteiger partial charge on any atom is -0.497 e. The molecule has 0 aliphatic carbocycles. The lowest BCUT2D eigenvalue weighted by atomic mass is 10.1. The van der Waals surface area contributed by atoms with Gasteiger partial charge in [0, 0.05) is 18.4 Å². The lowest BCUT2D eigenvalue weighted by molar-refractivity contribution is -0.121. The standard InChI is InChI=1S/C25H26N4O4/c1-15-7-8-18-14-20(25(31)27-21(18)13-15)24-28-23(33-29-24)6-4-5-22(30)26-16(2)17-9-11-19(32-3)12-10-17/h7-14,16H,4-6H2,1-3H3,(H,26,30)(H,27,31)/t16-/m1/s1. The molecule has 0 saturated carbocycles. The van der Waals surface area contributed by atoms with E-state index < -0.39 is 0 Å².